The van der Waals surface area contributed by atoms with Gasteiger partial charge in [0.1, 0.15) is 0 Å². The van der Waals surface area contributed by atoms with Crippen LogP contribution in [0.5, 0.6) is 0 Å². The zero-order valence-electron chi connectivity index (χ0n) is 10.2. The summed E-state index contributed by atoms with van der Waals surface area (Å²) in [6.45, 7) is 0. The Bertz CT molecular complexity index is 839. The molecule has 4 aromatic rings. The molecule has 0 amide bonds. The molecular formula is C16H11N3. The van der Waals surface area contributed by atoms with Crippen molar-refractivity contribution in [2.24, 2.45) is 0 Å². The fraction of sp³-hybridized carbons (Fsp3) is 0. The van der Waals surface area contributed by atoms with E-state index in [4.69, 9.17) is 0 Å². The van der Waals surface area contributed by atoms with E-state index in [1.165, 1.54) is 10.8 Å². The first-order valence-electron chi connectivity index (χ1n) is 6.20. The highest BCUT2D eigenvalue weighted by Crippen LogP contribution is 2.27. The summed E-state index contributed by atoms with van der Waals surface area (Å²) in [6, 6.07) is 18.5. The molecule has 0 atom stereocenters. The lowest BCUT2D eigenvalue weighted by atomic mass is 10.0. The van der Waals surface area contributed by atoms with Crippen molar-refractivity contribution in [2.75, 3.05) is 0 Å². The Morgan fingerprint density at radius 1 is 0.842 bits per heavy atom. The summed E-state index contributed by atoms with van der Waals surface area (Å²) in [5.41, 5.74) is 2.96. The van der Waals surface area contributed by atoms with Gasteiger partial charge in [0.15, 0.2) is 5.65 Å². The second-order valence-corrected chi connectivity index (χ2v) is 4.48. The topological polar surface area (TPSA) is 30.2 Å². The number of aromatic nitrogens is 3. The van der Waals surface area contributed by atoms with E-state index in [1.54, 1.807) is 10.7 Å². The molecule has 0 saturated carbocycles. The third-order valence-electron chi connectivity index (χ3n) is 3.30. The van der Waals surface area contributed by atoms with Gasteiger partial charge in [-0.1, -0.05) is 42.5 Å². The van der Waals surface area contributed by atoms with Gasteiger partial charge in [0.2, 0.25) is 0 Å². The van der Waals surface area contributed by atoms with Crippen LogP contribution in [0, 0.1) is 0 Å². The Morgan fingerprint density at radius 2 is 1.74 bits per heavy atom. The van der Waals surface area contributed by atoms with E-state index in [1.807, 2.05) is 18.3 Å². The first-order valence-corrected chi connectivity index (χ1v) is 6.20. The minimum Gasteiger partial charge on any atom is -0.227 e. The number of benzene rings is 2. The van der Waals surface area contributed by atoms with Crippen LogP contribution in [0.15, 0.2) is 67.0 Å². The molecule has 0 aliphatic rings. The molecule has 0 spiro atoms. The summed E-state index contributed by atoms with van der Waals surface area (Å²) >= 11 is 0. The Kier molecular flexibility index (Phi) is 2.12. The highest BCUT2D eigenvalue weighted by molar-refractivity contribution is 5.95. The predicted octanol–water partition coefficient (Wildman–Crippen LogP) is 3.55. The van der Waals surface area contributed by atoms with E-state index in [0.29, 0.717) is 0 Å². The summed E-state index contributed by atoms with van der Waals surface area (Å²) < 4.78 is 1.80. The third-order valence-corrected chi connectivity index (χ3v) is 3.30. The summed E-state index contributed by atoms with van der Waals surface area (Å²) in [4.78, 5) is 4.63. The molecule has 90 valence electrons. The molecule has 4 rings (SSSR count). The third kappa shape index (κ3) is 1.59. The lowest BCUT2D eigenvalue weighted by Crippen LogP contribution is -1.85. The van der Waals surface area contributed by atoms with Gasteiger partial charge in [-0.15, -0.1) is 0 Å². The van der Waals surface area contributed by atoms with E-state index in [9.17, 15) is 0 Å². The molecule has 0 aliphatic heterocycles. The van der Waals surface area contributed by atoms with Crippen LogP contribution in [-0.2, 0) is 0 Å². The molecule has 0 bridgehead atoms. The van der Waals surface area contributed by atoms with Crippen LogP contribution in [0.2, 0.25) is 0 Å². The van der Waals surface area contributed by atoms with Gasteiger partial charge < -0.3 is 0 Å². The molecule has 19 heavy (non-hydrogen) atoms. The molecule has 0 N–H and O–H groups in total. The van der Waals surface area contributed by atoms with Gasteiger partial charge in [0, 0.05) is 11.8 Å². The maximum Gasteiger partial charge on any atom is 0.154 e. The van der Waals surface area contributed by atoms with Crippen molar-refractivity contribution in [3.05, 3.63) is 67.0 Å². The first-order chi connectivity index (χ1) is 9.42. The number of rotatable bonds is 1. The molecule has 3 nitrogen and oxygen atoms in total. The summed E-state index contributed by atoms with van der Waals surface area (Å²) in [5, 5.41) is 6.70. The summed E-state index contributed by atoms with van der Waals surface area (Å²) in [7, 11) is 0. The average molecular weight is 245 g/mol. The summed E-state index contributed by atoms with van der Waals surface area (Å²) in [5.74, 6) is 0. The van der Waals surface area contributed by atoms with E-state index in [2.05, 4.69) is 52.5 Å². The van der Waals surface area contributed by atoms with Crippen LogP contribution < -0.4 is 0 Å². The zero-order valence-corrected chi connectivity index (χ0v) is 10.2. The summed E-state index contributed by atoms with van der Waals surface area (Å²) in [6.07, 6.45) is 3.73. The van der Waals surface area contributed by atoms with Gasteiger partial charge >= 0.3 is 0 Å². The highest BCUT2D eigenvalue weighted by Gasteiger charge is 2.07. The van der Waals surface area contributed by atoms with Crippen molar-refractivity contribution < 1.29 is 0 Å². The molecule has 0 aliphatic carbocycles. The van der Waals surface area contributed by atoms with Gasteiger partial charge in [-0.05, 0) is 22.9 Å². The monoisotopic (exact) mass is 245 g/mol. The van der Waals surface area contributed by atoms with Crippen molar-refractivity contribution in [1.82, 2.24) is 14.6 Å². The molecular weight excluding hydrogens is 234 g/mol. The van der Waals surface area contributed by atoms with Crippen molar-refractivity contribution in [1.29, 1.82) is 0 Å². The van der Waals surface area contributed by atoms with Crippen molar-refractivity contribution in [2.45, 2.75) is 0 Å². The largest absolute Gasteiger partial charge is 0.227 e. The lowest BCUT2D eigenvalue weighted by Gasteiger charge is -2.02. The maximum absolute atomic E-state index is 4.63. The van der Waals surface area contributed by atoms with E-state index >= 15 is 0 Å². The average Bonchev–Trinajstić information content (AvgIpc) is 2.90. The molecule has 0 unspecified atom stereocenters. The van der Waals surface area contributed by atoms with Gasteiger partial charge in [0.05, 0.1) is 11.9 Å². The minimum absolute atomic E-state index is 0.866. The van der Waals surface area contributed by atoms with Crippen LogP contribution >= 0.6 is 0 Å². The maximum atomic E-state index is 4.63. The molecule has 0 radical (unpaired) electrons. The second kappa shape index (κ2) is 3.92. The van der Waals surface area contributed by atoms with Gasteiger partial charge in [-0.3, -0.25) is 0 Å². The smallest absolute Gasteiger partial charge is 0.154 e. The van der Waals surface area contributed by atoms with Crippen molar-refractivity contribution >= 4 is 16.4 Å². The Morgan fingerprint density at radius 3 is 2.68 bits per heavy atom. The minimum atomic E-state index is 0.866. The van der Waals surface area contributed by atoms with Crippen LogP contribution in [-0.4, -0.2) is 14.6 Å². The molecule has 2 heterocycles. The number of imidazole rings is 1. The number of fused-ring (bicyclic) bond motifs is 2. The van der Waals surface area contributed by atoms with Crippen LogP contribution in [0.4, 0.5) is 0 Å². The zero-order chi connectivity index (χ0) is 12.7. The number of nitrogens with zero attached hydrogens (tertiary/aromatic N) is 3. The quantitative estimate of drug-likeness (QED) is 0.513. The van der Waals surface area contributed by atoms with Crippen LogP contribution in [0.1, 0.15) is 0 Å². The van der Waals surface area contributed by atoms with Gasteiger partial charge in [-0.25, -0.2) is 9.50 Å². The Hall–Kier alpha value is -2.68. The van der Waals surface area contributed by atoms with Crippen LogP contribution in [0.3, 0.4) is 0 Å². The Balaban J connectivity index is 2.03. The molecule has 2 aromatic carbocycles. The van der Waals surface area contributed by atoms with E-state index in [0.717, 1.165) is 16.9 Å². The predicted molar refractivity (Wildman–Crippen MR) is 75.9 cm³/mol. The van der Waals surface area contributed by atoms with E-state index in [-0.39, 0.29) is 0 Å². The second-order valence-electron chi connectivity index (χ2n) is 4.48. The fourth-order valence-electron chi connectivity index (χ4n) is 2.41. The van der Waals surface area contributed by atoms with Gasteiger partial charge in [0.25, 0.3) is 0 Å². The fourth-order valence-corrected chi connectivity index (χ4v) is 2.41. The van der Waals surface area contributed by atoms with E-state index < -0.39 is 0 Å². The molecule has 3 heteroatoms. The highest BCUT2D eigenvalue weighted by atomic mass is 15.2. The van der Waals surface area contributed by atoms with Crippen molar-refractivity contribution in [3.8, 4) is 11.3 Å². The Labute approximate surface area is 110 Å². The van der Waals surface area contributed by atoms with Gasteiger partial charge in [-0.2, -0.15) is 5.10 Å². The molecule has 0 fully saturated rings. The standard InChI is InChI=1S/C16H11N3/c1-2-7-13-12(5-1)6-3-8-14(13)15-11-19-16(18-15)9-4-10-17-19/h1-11H. The molecule has 0 saturated heterocycles. The number of hydrogen-bond donors (Lipinski definition) is 0. The molecule has 2 aromatic heterocycles. The number of hydrogen-bond acceptors (Lipinski definition) is 2. The lowest BCUT2D eigenvalue weighted by molar-refractivity contribution is 0.936. The SMILES string of the molecule is c1ccc2c(-c3cn4ncccc4n3)cccc2c1. The first kappa shape index (κ1) is 10.3. The normalized spacial score (nSPS) is 11.2. The van der Waals surface area contributed by atoms with Crippen molar-refractivity contribution in [3.63, 3.8) is 0 Å². The van der Waals surface area contributed by atoms with Crippen LogP contribution in [0.25, 0.3) is 27.7 Å².